The zero-order chi connectivity index (χ0) is 23.6. The van der Waals surface area contributed by atoms with Crippen LogP contribution in [0.3, 0.4) is 0 Å². The molecule has 1 aromatic rings. The van der Waals surface area contributed by atoms with Gasteiger partial charge in [-0.25, -0.2) is 15.5 Å². The number of benzene rings is 1. The lowest BCUT2D eigenvalue weighted by Crippen LogP contribution is -2.61. The fourth-order valence-electron chi connectivity index (χ4n) is 3.07. The molecule has 2 atom stereocenters. The predicted octanol–water partition coefficient (Wildman–Crippen LogP) is 2.59. The van der Waals surface area contributed by atoms with Gasteiger partial charge in [0.25, 0.3) is 11.8 Å². The molecule has 0 aromatic heterocycles. The van der Waals surface area contributed by atoms with Crippen LogP contribution in [0.1, 0.15) is 53.0 Å². The lowest BCUT2D eigenvalue weighted by atomic mass is 10.1. The molecule has 172 valence electrons. The van der Waals surface area contributed by atoms with Crippen molar-refractivity contribution in [2.24, 2.45) is 17.6 Å². The Bertz CT molecular complexity index is 747. The molecule has 8 nitrogen and oxygen atoms in total. The third-order valence-corrected chi connectivity index (χ3v) is 4.46. The molecular weight excluding hydrogens is 396 g/mol. The molecule has 0 bridgehead atoms. The first-order valence-corrected chi connectivity index (χ1v) is 10.6. The molecule has 3 amide bonds. The van der Waals surface area contributed by atoms with Crippen molar-refractivity contribution in [1.29, 1.82) is 0 Å². The van der Waals surface area contributed by atoms with Crippen molar-refractivity contribution in [3.63, 3.8) is 0 Å². The zero-order valence-corrected chi connectivity index (χ0v) is 19.1. The molecule has 0 heterocycles. The second-order valence-corrected chi connectivity index (χ2v) is 8.48. The summed E-state index contributed by atoms with van der Waals surface area (Å²) in [5.74, 6) is -1.59. The molecule has 0 radical (unpaired) electrons. The highest BCUT2D eigenvalue weighted by atomic mass is 16.5. The third kappa shape index (κ3) is 8.51. The van der Waals surface area contributed by atoms with Gasteiger partial charge >= 0.3 is 0 Å². The van der Waals surface area contributed by atoms with Crippen LogP contribution in [0.15, 0.2) is 36.4 Å². The quantitative estimate of drug-likeness (QED) is 0.388. The molecule has 8 heteroatoms. The largest absolute Gasteiger partial charge is 0.320 e. The Morgan fingerprint density at radius 1 is 1.06 bits per heavy atom. The van der Waals surface area contributed by atoms with Gasteiger partial charge < -0.3 is 5.73 Å². The molecular formula is C23H36N4O4. The fraction of sp³-hybridized carbons (Fsp3) is 0.522. The standard InChI is InChI=1S/C23H36N4O4/c1-16(2)14-21(28)27(26(15-17(3)4)23(30)18(5)24)20(22(29)25-31)13-9-12-19-10-7-6-8-11-19/h6-12,16-18,20,31H,13-15,24H2,1-5H3,(H,25,29)/t18-,20+/m1/s1. The summed E-state index contributed by atoms with van der Waals surface area (Å²) >= 11 is 0. The Morgan fingerprint density at radius 3 is 2.16 bits per heavy atom. The number of amides is 3. The number of carbonyl (C=O) groups excluding carboxylic acids is 3. The Morgan fingerprint density at radius 2 is 1.68 bits per heavy atom. The monoisotopic (exact) mass is 432 g/mol. The van der Waals surface area contributed by atoms with E-state index in [2.05, 4.69) is 0 Å². The second kappa shape index (κ2) is 12.9. The molecule has 0 unspecified atom stereocenters. The number of hydrazine groups is 1. The molecule has 0 aliphatic rings. The van der Waals surface area contributed by atoms with E-state index >= 15 is 0 Å². The first-order valence-electron chi connectivity index (χ1n) is 10.6. The van der Waals surface area contributed by atoms with E-state index in [1.54, 1.807) is 11.6 Å². The second-order valence-electron chi connectivity index (χ2n) is 8.48. The zero-order valence-electron chi connectivity index (χ0n) is 19.1. The van der Waals surface area contributed by atoms with Gasteiger partial charge in [-0.2, -0.15) is 0 Å². The minimum Gasteiger partial charge on any atom is -0.320 e. The average molecular weight is 433 g/mol. The Kier molecular flexibility index (Phi) is 10.9. The average Bonchev–Trinajstić information content (AvgIpc) is 2.70. The summed E-state index contributed by atoms with van der Waals surface area (Å²) in [7, 11) is 0. The molecule has 1 rings (SSSR count). The van der Waals surface area contributed by atoms with Gasteiger partial charge in [-0.1, -0.05) is 70.2 Å². The normalized spacial score (nSPS) is 13.3. The van der Waals surface area contributed by atoms with Crippen LogP contribution in [0, 0.1) is 11.8 Å². The van der Waals surface area contributed by atoms with Crippen LogP contribution in [-0.4, -0.2) is 51.6 Å². The van der Waals surface area contributed by atoms with Gasteiger partial charge in [0, 0.05) is 13.0 Å². The lowest BCUT2D eigenvalue weighted by molar-refractivity contribution is -0.176. The van der Waals surface area contributed by atoms with Crippen molar-refractivity contribution in [2.75, 3.05) is 6.54 Å². The predicted molar refractivity (Wildman–Crippen MR) is 120 cm³/mol. The molecule has 0 saturated carbocycles. The molecule has 0 aliphatic heterocycles. The molecule has 4 N–H and O–H groups in total. The number of carbonyl (C=O) groups is 3. The third-order valence-electron chi connectivity index (χ3n) is 4.46. The maximum absolute atomic E-state index is 13.2. The Hall–Kier alpha value is -2.71. The molecule has 31 heavy (non-hydrogen) atoms. The minimum absolute atomic E-state index is 0.0130. The van der Waals surface area contributed by atoms with E-state index < -0.39 is 23.9 Å². The van der Waals surface area contributed by atoms with Gasteiger partial charge in [0.2, 0.25) is 5.91 Å². The lowest BCUT2D eigenvalue weighted by Gasteiger charge is -2.41. The van der Waals surface area contributed by atoms with Crippen LogP contribution >= 0.6 is 0 Å². The highest BCUT2D eigenvalue weighted by Crippen LogP contribution is 2.18. The number of hydroxylamine groups is 1. The summed E-state index contributed by atoms with van der Waals surface area (Å²) in [6, 6.07) is 7.52. The molecule has 0 aliphatic carbocycles. The first kappa shape index (κ1) is 26.3. The summed E-state index contributed by atoms with van der Waals surface area (Å²) in [4.78, 5) is 38.7. The van der Waals surface area contributed by atoms with Crippen molar-refractivity contribution in [2.45, 2.75) is 59.5 Å². The summed E-state index contributed by atoms with van der Waals surface area (Å²) in [5.41, 5.74) is 8.41. The molecule has 0 fully saturated rings. The van der Waals surface area contributed by atoms with Gasteiger partial charge in [-0.3, -0.25) is 19.6 Å². The van der Waals surface area contributed by atoms with Crippen LogP contribution in [-0.2, 0) is 14.4 Å². The van der Waals surface area contributed by atoms with E-state index in [0.29, 0.717) is 0 Å². The summed E-state index contributed by atoms with van der Waals surface area (Å²) < 4.78 is 0. The van der Waals surface area contributed by atoms with Crippen LogP contribution in [0.5, 0.6) is 0 Å². The van der Waals surface area contributed by atoms with Gasteiger partial charge in [0.1, 0.15) is 6.04 Å². The number of nitrogens with one attached hydrogen (secondary N) is 1. The summed E-state index contributed by atoms with van der Waals surface area (Å²) in [6.07, 6.45) is 3.81. The maximum Gasteiger partial charge on any atom is 0.268 e. The highest BCUT2D eigenvalue weighted by molar-refractivity contribution is 5.90. The van der Waals surface area contributed by atoms with Gasteiger partial charge in [-0.05, 0) is 30.7 Å². The molecule has 1 aromatic carbocycles. The molecule has 0 spiro atoms. The number of nitrogens with zero attached hydrogens (tertiary/aromatic N) is 2. The Labute approximate surface area is 185 Å². The van der Waals surface area contributed by atoms with Gasteiger partial charge in [0.05, 0.1) is 6.04 Å². The molecule has 0 saturated heterocycles. The topological polar surface area (TPSA) is 116 Å². The van der Waals surface area contributed by atoms with Gasteiger partial charge in [0.15, 0.2) is 0 Å². The fourth-order valence-corrected chi connectivity index (χ4v) is 3.07. The minimum atomic E-state index is -1.11. The van der Waals surface area contributed by atoms with Crippen LogP contribution < -0.4 is 11.2 Å². The van der Waals surface area contributed by atoms with Crippen LogP contribution in [0.2, 0.25) is 0 Å². The SMILES string of the molecule is CC(C)CC(=O)N([C@@H](CC=Cc1ccccc1)C(=O)NO)N(CC(C)C)C(=O)[C@@H](C)N. The Balaban J connectivity index is 3.38. The van der Waals surface area contributed by atoms with Gasteiger partial charge in [-0.15, -0.1) is 0 Å². The van der Waals surface area contributed by atoms with E-state index in [9.17, 15) is 19.6 Å². The van der Waals surface area contributed by atoms with Crippen LogP contribution in [0.25, 0.3) is 6.08 Å². The van der Waals surface area contributed by atoms with Crippen molar-refractivity contribution in [3.05, 3.63) is 42.0 Å². The van der Waals surface area contributed by atoms with Crippen molar-refractivity contribution < 1.29 is 19.6 Å². The number of hydrogen-bond acceptors (Lipinski definition) is 5. The van der Waals surface area contributed by atoms with E-state index in [0.717, 1.165) is 5.56 Å². The van der Waals surface area contributed by atoms with E-state index in [1.165, 1.54) is 16.9 Å². The van der Waals surface area contributed by atoms with E-state index in [1.807, 2.05) is 64.1 Å². The highest BCUT2D eigenvalue weighted by Gasteiger charge is 2.37. The van der Waals surface area contributed by atoms with E-state index in [4.69, 9.17) is 5.73 Å². The number of rotatable bonds is 10. The number of nitrogens with two attached hydrogens (primary N) is 1. The number of hydrogen-bond donors (Lipinski definition) is 3. The van der Waals surface area contributed by atoms with Crippen LogP contribution in [0.4, 0.5) is 0 Å². The summed E-state index contributed by atoms with van der Waals surface area (Å²) in [5, 5.41) is 11.8. The van der Waals surface area contributed by atoms with Crippen molar-refractivity contribution in [1.82, 2.24) is 15.5 Å². The smallest absolute Gasteiger partial charge is 0.268 e. The van der Waals surface area contributed by atoms with Crippen molar-refractivity contribution in [3.8, 4) is 0 Å². The first-order chi connectivity index (χ1) is 14.6. The van der Waals surface area contributed by atoms with E-state index in [-0.39, 0.29) is 37.1 Å². The maximum atomic E-state index is 13.2. The summed E-state index contributed by atoms with van der Waals surface area (Å²) in [6.45, 7) is 9.32. The van der Waals surface area contributed by atoms with Crippen molar-refractivity contribution >= 4 is 23.8 Å².